The fourth-order valence-corrected chi connectivity index (χ4v) is 2.65. The van der Waals surface area contributed by atoms with Crippen molar-refractivity contribution in [2.45, 2.75) is 13.5 Å². The molecule has 9 heteroatoms. The molecule has 3 rings (SSSR count). The molecule has 2 aromatic carbocycles. The van der Waals surface area contributed by atoms with Gasteiger partial charge in [0.15, 0.2) is 11.5 Å². The standard InChI is InChI=1S/C21H17F2N3O4/c1-12-4-6-14(7-5-12)19-25-20(30-26-19)15(11-24)8-13-9-16(27-2)18(29-21(22)23)17(10-13)28-3/h4-10,21H,1-3H3/b15-8+. The van der Waals surface area contributed by atoms with E-state index in [9.17, 15) is 14.0 Å². The van der Waals surface area contributed by atoms with Crippen LogP contribution in [-0.4, -0.2) is 31.0 Å². The lowest BCUT2D eigenvalue weighted by atomic mass is 10.1. The average Bonchev–Trinajstić information content (AvgIpc) is 3.22. The lowest BCUT2D eigenvalue weighted by molar-refractivity contribution is -0.0526. The number of halogens is 2. The highest BCUT2D eigenvalue weighted by Gasteiger charge is 2.19. The highest BCUT2D eigenvalue weighted by atomic mass is 19.3. The summed E-state index contributed by atoms with van der Waals surface area (Å²) in [6.07, 6.45) is 1.45. The van der Waals surface area contributed by atoms with Crippen molar-refractivity contribution >= 4 is 11.6 Å². The lowest BCUT2D eigenvalue weighted by Gasteiger charge is -2.14. The van der Waals surface area contributed by atoms with Gasteiger partial charge in [-0.25, -0.2) is 0 Å². The van der Waals surface area contributed by atoms with Gasteiger partial charge in [0.05, 0.1) is 14.2 Å². The molecule has 0 unspecified atom stereocenters. The predicted octanol–water partition coefficient (Wildman–Crippen LogP) is 4.73. The topological polar surface area (TPSA) is 90.4 Å². The van der Waals surface area contributed by atoms with Crippen molar-refractivity contribution in [2.75, 3.05) is 14.2 Å². The molecule has 1 aromatic heterocycles. The molecule has 0 fully saturated rings. The van der Waals surface area contributed by atoms with Crippen molar-refractivity contribution in [3.8, 4) is 34.7 Å². The number of allylic oxidation sites excluding steroid dienone is 1. The lowest BCUT2D eigenvalue weighted by Crippen LogP contribution is -2.05. The quantitative estimate of drug-likeness (QED) is 0.517. The molecule has 3 aromatic rings. The van der Waals surface area contributed by atoms with Gasteiger partial charge >= 0.3 is 6.61 Å². The molecule has 0 atom stereocenters. The van der Waals surface area contributed by atoms with E-state index in [-0.39, 0.29) is 28.7 Å². The van der Waals surface area contributed by atoms with Crippen LogP contribution in [0.2, 0.25) is 0 Å². The Morgan fingerprint density at radius 3 is 2.30 bits per heavy atom. The molecule has 1 heterocycles. The maximum absolute atomic E-state index is 12.7. The number of methoxy groups -OCH3 is 2. The summed E-state index contributed by atoms with van der Waals surface area (Å²) in [5.74, 6) is 0.138. The van der Waals surface area contributed by atoms with Gasteiger partial charge < -0.3 is 18.7 Å². The van der Waals surface area contributed by atoms with Crippen LogP contribution in [0, 0.1) is 18.3 Å². The van der Waals surface area contributed by atoms with Gasteiger partial charge in [0.25, 0.3) is 5.89 Å². The van der Waals surface area contributed by atoms with Gasteiger partial charge in [0.1, 0.15) is 11.6 Å². The zero-order valence-corrected chi connectivity index (χ0v) is 16.3. The Bertz CT molecular complexity index is 1080. The monoisotopic (exact) mass is 413 g/mol. The molecular weight excluding hydrogens is 396 g/mol. The van der Waals surface area contributed by atoms with Crippen LogP contribution in [0.5, 0.6) is 17.2 Å². The minimum atomic E-state index is -3.05. The van der Waals surface area contributed by atoms with Crippen molar-refractivity contribution in [1.29, 1.82) is 5.26 Å². The van der Waals surface area contributed by atoms with Gasteiger partial charge in [-0.15, -0.1) is 0 Å². The molecule has 154 valence electrons. The van der Waals surface area contributed by atoms with E-state index in [1.165, 1.54) is 32.4 Å². The van der Waals surface area contributed by atoms with Gasteiger partial charge in [0, 0.05) is 5.56 Å². The number of hydrogen-bond donors (Lipinski definition) is 0. The summed E-state index contributed by atoms with van der Waals surface area (Å²) in [6.45, 7) is -1.09. The molecule has 0 bridgehead atoms. The third-order valence-corrected chi connectivity index (χ3v) is 4.09. The first kappa shape index (κ1) is 20.8. The largest absolute Gasteiger partial charge is 0.493 e. The predicted molar refractivity (Wildman–Crippen MR) is 104 cm³/mol. The van der Waals surface area contributed by atoms with Crippen molar-refractivity contribution in [1.82, 2.24) is 10.1 Å². The van der Waals surface area contributed by atoms with E-state index in [0.717, 1.165) is 11.1 Å². The van der Waals surface area contributed by atoms with Crippen LogP contribution in [0.15, 0.2) is 40.9 Å². The van der Waals surface area contributed by atoms with Crippen LogP contribution in [-0.2, 0) is 0 Å². The molecule has 0 spiro atoms. The third kappa shape index (κ3) is 4.55. The van der Waals surface area contributed by atoms with Crippen molar-refractivity contribution in [3.63, 3.8) is 0 Å². The second-order valence-corrected chi connectivity index (χ2v) is 6.09. The van der Waals surface area contributed by atoms with Crippen molar-refractivity contribution < 1.29 is 27.5 Å². The first-order valence-corrected chi connectivity index (χ1v) is 8.69. The van der Waals surface area contributed by atoms with E-state index in [1.54, 1.807) is 0 Å². The SMILES string of the molecule is COc1cc(/C=C(\C#N)c2nc(-c3ccc(C)cc3)no2)cc(OC)c1OC(F)F. The van der Waals surface area contributed by atoms with Crippen LogP contribution < -0.4 is 14.2 Å². The van der Waals surface area contributed by atoms with Crippen LogP contribution in [0.25, 0.3) is 23.0 Å². The Morgan fingerprint density at radius 1 is 1.13 bits per heavy atom. The number of hydrogen-bond acceptors (Lipinski definition) is 7. The van der Waals surface area contributed by atoms with Crippen LogP contribution in [0.3, 0.4) is 0 Å². The molecule has 0 aliphatic heterocycles. The fraction of sp³-hybridized carbons (Fsp3) is 0.190. The Kier molecular flexibility index (Phi) is 6.27. The maximum atomic E-state index is 12.7. The Balaban J connectivity index is 1.98. The summed E-state index contributed by atoms with van der Waals surface area (Å²) in [5.41, 5.74) is 2.33. The normalized spacial score (nSPS) is 11.3. The van der Waals surface area contributed by atoms with E-state index in [4.69, 9.17) is 14.0 Å². The molecule has 0 saturated heterocycles. The van der Waals surface area contributed by atoms with E-state index in [1.807, 2.05) is 37.3 Å². The second-order valence-electron chi connectivity index (χ2n) is 6.09. The second kappa shape index (κ2) is 9.05. The third-order valence-electron chi connectivity index (χ3n) is 4.09. The van der Waals surface area contributed by atoms with Gasteiger partial charge in [-0.1, -0.05) is 35.0 Å². The highest BCUT2D eigenvalue weighted by molar-refractivity contribution is 5.87. The molecule has 0 radical (unpaired) electrons. The average molecular weight is 413 g/mol. The number of nitrogens with zero attached hydrogens (tertiary/aromatic N) is 3. The number of alkyl halides is 2. The smallest absolute Gasteiger partial charge is 0.387 e. The minimum absolute atomic E-state index is 0.0129. The molecule has 0 aliphatic rings. The number of aryl methyl sites for hydroxylation is 1. The van der Waals surface area contributed by atoms with Crippen LogP contribution in [0.1, 0.15) is 17.0 Å². The minimum Gasteiger partial charge on any atom is -0.493 e. The summed E-state index contributed by atoms with van der Waals surface area (Å²) in [4.78, 5) is 4.26. The number of rotatable bonds is 7. The number of benzene rings is 2. The van der Waals surface area contributed by atoms with E-state index in [2.05, 4.69) is 14.9 Å². The number of ether oxygens (including phenoxy) is 3. The Morgan fingerprint density at radius 2 is 1.77 bits per heavy atom. The zero-order valence-electron chi connectivity index (χ0n) is 16.3. The van der Waals surface area contributed by atoms with Crippen molar-refractivity contribution in [2.24, 2.45) is 0 Å². The molecule has 30 heavy (non-hydrogen) atoms. The number of nitriles is 1. The summed E-state index contributed by atoms with van der Waals surface area (Å²) in [7, 11) is 2.61. The van der Waals surface area contributed by atoms with Crippen LogP contribution in [0.4, 0.5) is 8.78 Å². The van der Waals surface area contributed by atoms with Crippen molar-refractivity contribution in [3.05, 3.63) is 53.4 Å². The first-order valence-electron chi connectivity index (χ1n) is 8.69. The zero-order chi connectivity index (χ0) is 21.7. The number of aromatic nitrogens is 2. The Labute approximate surface area is 171 Å². The molecule has 0 aliphatic carbocycles. The first-order chi connectivity index (χ1) is 14.4. The maximum Gasteiger partial charge on any atom is 0.387 e. The molecule has 7 nitrogen and oxygen atoms in total. The van der Waals surface area contributed by atoms with Crippen LogP contribution >= 0.6 is 0 Å². The molecule has 0 N–H and O–H groups in total. The summed E-state index contributed by atoms with van der Waals surface area (Å²) >= 11 is 0. The summed E-state index contributed by atoms with van der Waals surface area (Å²) in [6, 6.07) is 12.4. The Hall–Kier alpha value is -3.93. The van der Waals surface area contributed by atoms with Gasteiger partial charge in [0.2, 0.25) is 11.6 Å². The van der Waals surface area contributed by atoms with E-state index >= 15 is 0 Å². The summed E-state index contributed by atoms with van der Waals surface area (Å²) in [5, 5.41) is 13.5. The van der Waals surface area contributed by atoms with E-state index in [0.29, 0.717) is 11.4 Å². The van der Waals surface area contributed by atoms with E-state index < -0.39 is 6.61 Å². The van der Waals surface area contributed by atoms with Gasteiger partial charge in [-0.3, -0.25) is 0 Å². The van der Waals surface area contributed by atoms with Gasteiger partial charge in [-0.2, -0.15) is 19.0 Å². The summed E-state index contributed by atoms with van der Waals surface area (Å²) < 4.78 is 45.3. The highest BCUT2D eigenvalue weighted by Crippen LogP contribution is 2.40. The molecule has 0 amide bonds. The van der Waals surface area contributed by atoms with Gasteiger partial charge in [-0.05, 0) is 30.7 Å². The fourth-order valence-electron chi connectivity index (χ4n) is 2.65. The molecular formula is C21H17F2N3O4. The molecule has 0 saturated carbocycles.